The van der Waals surface area contributed by atoms with Crippen molar-refractivity contribution in [3.63, 3.8) is 0 Å². The molecule has 7 heteroatoms. The number of halogens is 1. The first kappa shape index (κ1) is 20.8. The summed E-state index contributed by atoms with van der Waals surface area (Å²) < 4.78 is 17.8. The molecule has 0 unspecified atom stereocenters. The number of aromatic nitrogens is 1. The highest BCUT2D eigenvalue weighted by molar-refractivity contribution is 5.91. The Kier molecular flexibility index (Phi) is 8.21. The highest BCUT2D eigenvalue weighted by atomic mass is 79.9. The summed E-state index contributed by atoms with van der Waals surface area (Å²) in [6.07, 6.45) is 4.29. The highest BCUT2D eigenvalue weighted by Gasteiger charge is 2.15. The number of ether oxygens (including phenoxy) is 3. The maximum absolute atomic E-state index is 12.2. The fourth-order valence-corrected chi connectivity index (χ4v) is 2.29. The molecule has 0 bridgehead atoms. The third-order valence-corrected chi connectivity index (χ3v) is 3.60. The summed E-state index contributed by atoms with van der Waals surface area (Å²) in [6, 6.07) is 7.44. The Morgan fingerprint density at radius 2 is 1.60 bits per heavy atom. The van der Waals surface area contributed by atoms with Crippen LogP contribution in [0.15, 0.2) is 36.7 Å². The molecule has 1 heterocycles. The first-order valence-corrected chi connectivity index (χ1v) is 7.63. The molecular formula is C18H23BrN2O4. The number of benzene rings is 1. The Hall–Kier alpha value is -2.28. The van der Waals surface area contributed by atoms with Gasteiger partial charge < -0.3 is 36.5 Å². The lowest BCUT2D eigenvalue weighted by Crippen LogP contribution is -3.00. The van der Waals surface area contributed by atoms with Gasteiger partial charge in [0.2, 0.25) is 11.7 Å². The van der Waals surface area contributed by atoms with Crippen LogP contribution in [0.2, 0.25) is 0 Å². The molecule has 0 aliphatic rings. The molecule has 0 spiro atoms. The van der Waals surface area contributed by atoms with Crippen LogP contribution >= 0.6 is 0 Å². The summed E-state index contributed by atoms with van der Waals surface area (Å²) in [5.41, 5.74) is 1.79. The van der Waals surface area contributed by atoms with Gasteiger partial charge in [-0.2, -0.15) is 0 Å². The van der Waals surface area contributed by atoms with Gasteiger partial charge in [-0.3, -0.25) is 4.79 Å². The second-order valence-corrected chi connectivity index (χ2v) is 5.33. The minimum Gasteiger partial charge on any atom is -1.00 e. The molecule has 2 aromatic rings. The fourth-order valence-electron chi connectivity index (χ4n) is 2.29. The number of hydrogen-bond acceptors (Lipinski definition) is 4. The molecule has 0 radical (unpaired) electrons. The molecule has 1 N–H and O–H groups in total. The number of anilines is 1. The fraction of sp³-hybridized carbons (Fsp3) is 0.333. The summed E-state index contributed by atoms with van der Waals surface area (Å²) in [5, 5.41) is 2.86. The van der Waals surface area contributed by atoms with Crippen LogP contribution in [0.5, 0.6) is 17.2 Å². The first-order chi connectivity index (χ1) is 11.6. The number of nitrogens with zero attached hydrogens (tertiary/aromatic N) is 1. The minimum absolute atomic E-state index is 0. The van der Waals surface area contributed by atoms with Gasteiger partial charge in [0.05, 0.1) is 27.8 Å². The van der Waals surface area contributed by atoms with Crippen LogP contribution in [0.25, 0.3) is 0 Å². The summed E-state index contributed by atoms with van der Waals surface area (Å²) in [6.45, 7) is 2.64. The predicted octanol–water partition coefficient (Wildman–Crippen LogP) is -0.659. The average molecular weight is 411 g/mol. The minimum atomic E-state index is -0.0858. The van der Waals surface area contributed by atoms with E-state index in [-0.39, 0.29) is 22.9 Å². The third-order valence-electron chi connectivity index (χ3n) is 3.60. The number of carbonyl (C=O) groups excluding carboxylic acids is 1. The standard InChI is InChI=1S/C18H22N2O4.BrH/c1-13-5-8-20(9-6-13)10-7-17(21)19-14-11-15(22-2)18(24-4)16(12-14)23-3;/h5-6,8-9,11-12H,7,10H2,1-4H3;1H. The van der Waals surface area contributed by atoms with Gasteiger partial charge in [-0.05, 0) is 12.5 Å². The summed E-state index contributed by atoms with van der Waals surface area (Å²) in [7, 11) is 4.62. The molecule has 0 aliphatic heterocycles. The zero-order valence-corrected chi connectivity index (χ0v) is 16.4. The van der Waals surface area contributed by atoms with Crippen molar-refractivity contribution in [3.8, 4) is 17.2 Å². The normalized spacial score (nSPS) is 9.76. The van der Waals surface area contributed by atoms with Crippen LogP contribution in [0, 0.1) is 6.92 Å². The lowest BCUT2D eigenvalue weighted by Gasteiger charge is -2.14. The second-order valence-electron chi connectivity index (χ2n) is 5.33. The van der Waals surface area contributed by atoms with Crippen molar-refractivity contribution < 1.29 is 40.6 Å². The van der Waals surface area contributed by atoms with Crippen LogP contribution in [0.4, 0.5) is 5.69 Å². The first-order valence-electron chi connectivity index (χ1n) is 7.63. The molecule has 0 atom stereocenters. The summed E-state index contributed by atoms with van der Waals surface area (Å²) >= 11 is 0. The SMILES string of the molecule is COc1cc(NC(=O)CC[n+]2ccc(C)cc2)cc(OC)c1OC.[Br-]. The van der Waals surface area contributed by atoms with E-state index in [4.69, 9.17) is 14.2 Å². The Morgan fingerprint density at radius 3 is 2.08 bits per heavy atom. The van der Waals surface area contributed by atoms with E-state index in [1.165, 1.54) is 26.9 Å². The monoisotopic (exact) mass is 410 g/mol. The van der Waals surface area contributed by atoms with Crippen molar-refractivity contribution in [1.29, 1.82) is 0 Å². The predicted molar refractivity (Wildman–Crippen MR) is 90.7 cm³/mol. The van der Waals surface area contributed by atoms with Crippen molar-refractivity contribution in [2.24, 2.45) is 0 Å². The zero-order valence-electron chi connectivity index (χ0n) is 14.8. The van der Waals surface area contributed by atoms with E-state index in [2.05, 4.69) is 5.32 Å². The Bertz CT molecular complexity index is 680. The maximum atomic E-state index is 12.2. The van der Waals surface area contributed by atoms with Crippen molar-refractivity contribution in [3.05, 3.63) is 42.2 Å². The van der Waals surface area contributed by atoms with Crippen LogP contribution < -0.4 is 41.1 Å². The van der Waals surface area contributed by atoms with Crippen molar-refractivity contribution in [2.75, 3.05) is 26.6 Å². The molecule has 25 heavy (non-hydrogen) atoms. The molecule has 0 fully saturated rings. The quantitative estimate of drug-likeness (QED) is 0.615. The molecular weight excluding hydrogens is 388 g/mol. The van der Waals surface area contributed by atoms with Gasteiger partial charge in [-0.15, -0.1) is 0 Å². The van der Waals surface area contributed by atoms with Gasteiger partial charge in [0.15, 0.2) is 30.4 Å². The van der Waals surface area contributed by atoms with E-state index in [0.717, 1.165) is 0 Å². The molecule has 1 aromatic heterocycles. The summed E-state index contributed by atoms with van der Waals surface area (Å²) in [5.74, 6) is 1.41. The van der Waals surface area contributed by atoms with E-state index in [9.17, 15) is 4.79 Å². The number of amides is 1. The zero-order chi connectivity index (χ0) is 17.5. The molecule has 0 saturated carbocycles. The molecule has 1 aromatic carbocycles. The van der Waals surface area contributed by atoms with Gasteiger partial charge in [-0.1, -0.05) is 0 Å². The van der Waals surface area contributed by atoms with E-state index in [1.807, 2.05) is 36.0 Å². The number of pyridine rings is 1. The van der Waals surface area contributed by atoms with Gasteiger partial charge in [0, 0.05) is 30.0 Å². The Morgan fingerprint density at radius 1 is 1.04 bits per heavy atom. The second kappa shape index (κ2) is 9.88. The Labute approximate surface area is 158 Å². The topological polar surface area (TPSA) is 60.7 Å². The average Bonchev–Trinajstić information content (AvgIpc) is 2.60. The van der Waals surface area contributed by atoms with Gasteiger partial charge in [-0.25, -0.2) is 4.57 Å². The number of methoxy groups -OCH3 is 3. The summed E-state index contributed by atoms with van der Waals surface area (Å²) in [4.78, 5) is 12.2. The molecule has 0 saturated heterocycles. The number of carbonyl (C=O) groups is 1. The largest absolute Gasteiger partial charge is 1.00 e. The van der Waals surface area contributed by atoms with Crippen molar-refractivity contribution >= 4 is 11.6 Å². The van der Waals surface area contributed by atoms with E-state index in [1.54, 1.807) is 12.1 Å². The van der Waals surface area contributed by atoms with Crippen LogP contribution in [0.1, 0.15) is 12.0 Å². The number of rotatable bonds is 7. The lowest BCUT2D eigenvalue weighted by molar-refractivity contribution is -0.695. The molecule has 136 valence electrons. The molecule has 6 nitrogen and oxygen atoms in total. The molecule has 2 rings (SSSR count). The number of nitrogens with one attached hydrogen (secondary N) is 1. The molecule has 1 amide bonds. The van der Waals surface area contributed by atoms with Crippen molar-refractivity contribution in [1.82, 2.24) is 0 Å². The van der Waals surface area contributed by atoms with Gasteiger partial charge in [0.25, 0.3) is 0 Å². The highest BCUT2D eigenvalue weighted by Crippen LogP contribution is 2.39. The smallest absolute Gasteiger partial charge is 0.230 e. The van der Waals surface area contributed by atoms with Crippen molar-refractivity contribution in [2.45, 2.75) is 19.9 Å². The van der Waals surface area contributed by atoms with Crippen LogP contribution in [0.3, 0.4) is 0 Å². The van der Waals surface area contributed by atoms with Gasteiger partial charge >= 0.3 is 0 Å². The maximum Gasteiger partial charge on any atom is 0.230 e. The van der Waals surface area contributed by atoms with Crippen LogP contribution in [-0.4, -0.2) is 27.2 Å². The molecule has 0 aliphatic carbocycles. The van der Waals surface area contributed by atoms with Crippen LogP contribution in [-0.2, 0) is 11.3 Å². The number of aryl methyl sites for hydroxylation is 2. The van der Waals surface area contributed by atoms with E-state index < -0.39 is 0 Å². The number of hydrogen-bond donors (Lipinski definition) is 1. The lowest BCUT2D eigenvalue weighted by atomic mass is 10.2. The Balaban J connectivity index is 0.00000312. The van der Waals surface area contributed by atoms with E-state index >= 15 is 0 Å². The van der Waals surface area contributed by atoms with Gasteiger partial charge in [0.1, 0.15) is 0 Å². The third kappa shape index (κ3) is 5.63. The van der Waals surface area contributed by atoms with E-state index in [0.29, 0.717) is 35.9 Å².